The smallest absolute Gasteiger partial charge is 0.312 e. The molecule has 1 N–H and O–H groups in total. The molecule has 1 aromatic heterocycles. The molecule has 6 heteroatoms. The second kappa shape index (κ2) is 5.82. The minimum atomic E-state index is -4.34. The number of aromatic nitrogens is 1. The van der Waals surface area contributed by atoms with E-state index >= 15 is 0 Å². The fraction of sp³-hybridized carbons (Fsp3) is 0.727. The van der Waals surface area contributed by atoms with E-state index < -0.39 is 11.2 Å². The lowest BCUT2D eigenvalue weighted by molar-refractivity contribution is -0.137. The van der Waals surface area contributed by atoms with E-state index in [-0.39, 0.29) is 5.92 Å². The first-order valence-corrected chi connectivity index (χ1v) is 6.45. The first kappa shape index (κ1) is 14.4. The zero-order valence-electron chi connectivity index (χ0n) is 10.2. The van der Waals surface area contributed by atoms with Gasteiger partial charge in [0.25, 0.3) is 0 Å². The van der Waals surface area contributed by atoms with Crippen molar-refractivity contribution in [3.63, 3.8) is 0 Å². The summed E-state index contributed by atoms with van der Waals surface area (Å²) in [5.41, 5.74) is 0.561. The Labute approximate surface area is 103 Å². The molecule has 0 spiro atoms. The van der Waals surface area contributed by atoms with Crippen molar-refractivity contribution >= 4 is 11.3 Å². The zero-order chi connectivity index (χ0) is 13.1. The summed E-state index contributed by atoms with van der Waals surface area (Å²) in [6, 6.07) is 0. The molecule has 1 aromatic rings. The van der Waals surface area contributed by atoms with Crippen LogP contribution in [0.3, 0.4) is 0 Å². The Kier molecular flexibility index (Phi) is 4.94. The molecule has 1 heterocycles. The number of halogens is 3. The Morgan fingerprint density at radius 1 is 1.35 bits per heavy atom. The van der Waals surface area contributed by atoms with Gasteiger partial charge in [0, 0.05) is 11.4 Å². The van der Waals surface area contributed by atoms with Crippen LogP contribution in [0.2, 0.25) is 0 Å². The van der Waals surface area contributed by atoms with Crippen LogP contribution in [0, 0.1) is 0 Å². The standard InChI is InChI=1S/C11H17F3N2S/c1-4-5-15-6-8-9(7(2)3)16-10(17-8)11(12,13)14/h7,15H,4-6H2,1-3H3. The van der Waals surface area contributed by atoms with E-state index in [1.807, 2.05) is 20.8 Å². The van der Waals surface area contributed by atoms with E-state index in [0.717, 1.165) is 24.3 Å². The number of nitrogens with one attached hydrogen (secondary N) is 1. The predicted octanol–water partition coefficient (Wildman–Crippen LogP) is 3.78. The van der Waals surface area contributed by atoms with Gasteiger partial charge in [-0.3, -0.25) is 0 Å². The van der Waals surface area contributed by atoms with Gasteiger partial charge in [-0.1, -0.05) is 20.8 Å². The minimum Gasteiger partial charge on any atom is -0.312 e. The number of nitrogens with zero attached hydrogens (tertiary/aromatic N) is 1. The number of hydrogen-bond donors (Lipinski definition) is 1. The molecule has 0 aliphatic heterocycles. The first-order chi connectivity index (χ1) is 7.86. The van der Waals surface area contributed by atoms with Crippen LogP contribution in [0.4, 0.5) is 13.2 Å². The van der Waals surface area contributed by atoms with Gasteiger partial charge in [-0.2, -0.15) is 13.2 Å². The highest BCUT2D eigenvalue weighted by Gasteiger charge is 2.36. The molecular formula is C11H17F3N2S. The van der Waals surface area contributed by atoms with Crippen LogP contribution in [0.5, 0.6) is 0 Å². The highest BCUT2D eigenvalue weighted by molar-refractivity contribution is 7.11. The van der Waals surface area contributed by atoms with Crippen LogP contribution >= 0.6 is 11.3 Å². The summed E-state index contributed by atoms with van der Waals surface area (Å²) in [5, 5.41) is 2.37. The van der Waals surface area contributed by atoms with Gasteiger partial charge in [-0.15, -0.1) is 11.3 Å². The minimum absolute atomic E-state index is 0.0146. The predicted molar refractivity (Wildman–Crippen MR) is 63.2 cm³/mol. The second-order valence-corrected chi connectivity index (χ2v) is 5.24. The fourth-order valence-corrected chi connectivity index (χ4v) is 2.49. The first-order valence-electron chi connectivity index (χ1n) is 5.63. The van der Waals surface area contributed by atoms with Crippen LogP contribution in [0.25, 0.3) is 0 Å². The normalized spacial score (nSPS) is 12.4. The molecule has 0 amide bonds. The average molecular weight is 266 g/mol. The molecule has 98 valence electrons. The monoisotopic (exact) mass is 266 g/mol. The Balaban J connectivity index is 2.90. The Bertz CT molecular complexity index is 358. The molecule has 0 aliphatic carbocycles. The maximum Gasteiger partial charge on any atom is 0.443 e. The van der Waals surface area contributed by atoms with Gasteiger partial charge < -0.3 is 5.32 Å². The van der Waals surface area contributed by atoms with Gasteiger partial charge in [-0.05, 0) is 18.9 Å². The third-order valence-electron chi connectivity index (χ3n) is 2.23. The molecule has 0 bridgehead atoms. The van der Waals surface area contributed by atoms with E-state index in [1.54, 1.807) is 0 Å². The Morgan fingerprint density at radius 2 is 2.00 bits per heavy atom. The molecule has 0 atom stereocenters. The van der Waals surface area contributed by atoms with Crippen LogP contribution in [0.15, 0.2) is 0 Å². The number of thiazole rings is 1. The van der Waals surface area contributed by atoms with Crippen LogP contribution < -0.4 is 5.32 Å². The molecule has 2 nitrogen and oxygen atoms in total. The van der Waals surface area contributed by atoms with Gasteiger partial charge in [0.1, 0.15) is 0 Å². The van der Waals surface area contributed by atoms with Gasteiger partial charge in [0.2, 0.25) is 0 Å². The van der Waals surface area contributed by atoms with Gasteiger partial charge in [0.15, 0.2) is 5.01 Å². The van der Waals surface area contributed by atoms with E-state index in [1.165, 1.54) is 0 Å². The summed E-state index contributed by atoms with van der Waals surface area (Å²) >= 11 is 0.747. The molecule has 0 aromatic carbocycles. The zero-order valence-corrected chi connectivity index (χ0v) is 11.0. The molecule has 0 radical (unpaired) electrons. The average Bonchev–Trinajstić information content (AvgIpc) is 2.61. The molecule has 0 saturated carbocycles. The van der Waals surface area contributed by atoms with Crippen molar-refractivity contribution in [2.45, 2.75) is 45.8 Å². The van der Waals surface area contributed by atoms with Crippen molar-refractivity contribution in [3.8, 4) is 0 Å². The topological polar surface area (TPSA) is 24.9 Å². The maximum absolute atomic E-state index is 12.6. The second-order valence-electron chi connectivity index (χ2n) is 4.16. The molecule has 0 fully saturated rings. The number of rotatable bonds is 5. The van der Waals surface area contributed by atoms with E-state index in [4.69, 9.17) is 0 Å². The van der Waals surface area contributed by atoms with Crippen molar-refractivity contribution in [1.29, 1.82) is 0 Å². The summed E-state index contributed by atoms with van der Waals surface area (Å²) in [6.07, 6.45) is -3.38. The van der Waals surface area contributed by atoms with E-state index in [2.05, 4.69) is 10.3 Å². The summed E-state index contributed by atoms with van der Waals surface area (Å²) < 4.78 is 37.7. The van der Waals surface area contributed by atoms with Crippen LogP contribution in [0.1, 0.15) is 48.7 Å². The lowest BCUT2D eigenvalue weighted by atomic mass is 10.1. The largest absolute Gasteiger partial charge is 0.443 e. The third-order valence-corrected chi connectivity index (χ3v) is 3.35. The lowest BCUT2D eigenvalue weighted by Gasteiger charge is -2.05. The van der Waals surface area contributed by atoms with Crippen molar-refractivity contribution < 1.29 is 13.2 Å². The van der Waals surface area contributed by atoms with Crippen molar-refractivity contribution in [3.05, 3.63) is 15.6 Å². The third kappa shape index (κ3) is 3.96. The Morgan fingerprint density at radius 3 is 2.47 bits per heavy atom. The van der Waals surface area contributed by atoms with Crippen LogP contribution in [-0.2, 0) is 12.7 Å². The molecule has 0 unspecified atom stereocenters. The molecule has 1 rings (SSSR count). The van der Waals surface area contributed by atoms with Crippen LogP contribution in [-0.4, -0.2) is 11.5 Å². The summed E-state index contributed by atoms with van der Waals surface area (Å²) in [4.78, 5) is 4.41. The SMILES string of the molecule is CCCNCc1sc(C(F)(F)F)nc1C(C)C. The van der Waals surface area contributed by atoms with Gasteiger partial charge in [0.05, 0.1) is 5.69 Å². The Hall–Kier alpha value is -0.620. The number of hydrogen-bond acceptors (Lipinski definition) is 3. The quantitative estimate of drug-likeness (QED) is 0.820. The van der Waals surface area contributed by atoms with E-state index in [9.17, 15) is 13.2 Å². The summed E-state index contributed by atoms with van der Waals surface area (Å²) in [5.74, 6) is 0.0146. The molecule has 17 heavy (non-hydrogen) atoms. The summed E-state index contributed by atoms with van der Waals surface area (Å²) in [6.45, 7) is 7.01. The van der Waals surface area contributed by atoms with Crippen molar-refractivity contribution in [1.82, 2.24) is 10.3 Å². The van der Waals surface area contributed by atoms with E-state index in [0.29, 0.717) is 17.1 Å². The van der Waals surface area contributed by atoms with Gasteiger partial charge in [-0.25, -0.2) is 4.98 Å². The van der Waals surface area contributed by atoms with Crippen molar-refractivity contribution in [2.24, 2.45) is 0 Å². The molecule has 0 saturated heterocycles. The molecular weight excluding hydrogens is 249 g/mol. The van der Waals surface area contributed by atoms with Crippen molar-refractivity contribution in [2.75, 3.05) is 6.54 Å². The van der Waals surface area contributed by atoms with Gasteiger partial charge >= 0.3 is 6.18 Å². The highest BCUT2D eigenvalue weighted by Crippen LogP contribution is 2.36. The maximum atomic E-state index is 12.6. The highest BCUT2D eigenvalue weighted by atomic mass is 32.1. The molecule has 0 aliphatic rings. The summed E-state index contributed by atoms with van der Waals surface area (Å²) in [7, 11) is 0. The fourth-order valence-electron chi connectivity index (χ4n) is 1.44. The lowest BCUT2D eigenvalue weighted by Crippen LogP contribution is -2.14. The number of alkyl halides is 3.